The Labute approximate surface area is 179 Å². The summed E-state index contributed by atoms with van der Waals surface area (Å²) in [5.41, 5.74) is 0.679. The van der Waals surface area contributed by atoms with E-state index in [1.54, 1.807) is 22.0 Å². The molecule has 2 aliphatic rings. The molecule has 2 fully saturated rings. The number of rotatable bonds is 4. The van der Waals surface area contributed by atoms with Crippen LogP contribution in [0.25, 0.3) is 10.9 Å². The summed E-state index contributed by atoms with van der Waals surface area (Å²) in [7, 11) is 0. The largest absolute Gasteiger partial charge is 0.458 e. The van der Waals surface area contributed by atoms with Crippen LogP contribution in [0.2, 0.25) is 0 Å². The number of fused-ring (bicyclic) bond motifs is 3. The monoisotopic (exact) mass is 423 g/mol. The van der Waals surface area contributed by atoms with E-state index in [1.165, 1.54) is 0 Å². The lowest BCUT2D eigenvalue weighted by Gasteiger charge is -2.38. The Morgan fingerprint density at radius 1 is 1.20 bits per heavy atom. The molecule has 2 unspecified atom stereocenters. The normalized spacial score (nSPS) is 23.3. The number of anilines is 1. The van der Waals surface area contributed by atoms with Crippen molar-refractivity contribution in [3.63, 3.8) is 0 Å². The third kappa shape index (κ3) is 3.21. The molecule has 156 valence electrons. The zero-order chi connectivity index (χ0) is 20.8. The summed E-state index contributed by atoms with van der Waals surface area (Å²) in [5.74, 6) is -0.507. The lowest BCUT2D eigenvalue weighted by molar-refractivity contribution is 0.0201. The second-order valence-corrected chi connectivity index (χ2v) is 9.36. The first-order valence-corrected chi connectivity index (χ1v) is 11.4. The molecule has 0 saturated carbocycles. The SMILES string of the molecule is CC(C)n1c(=O)c(C(=O)OC2CC3CCC(C2)N3c2nccs2)cc2ccccc21. The van der Waals surface area contributed by atoms with E-state index < -0.39 is 5.97 Å². The molecule has 0 amide bonds. The van der Waals surface area contributed by atoms with Crippen molar-refractivity contribution in [3.8, 4) is 0 Å². The van der Waals surface area contributed by atoms with Crippen LogP contribution < -0.4 is 10.5 Å². The zero-order valence-electron chi connectivity index (χ0n) is 17.2. The molecule has 5 rings (SSSR count). The van der Waals surface area contributed by atoms with Gasteiger partial charge in [0.1, 0.15) is 11.7 Å². The smallest absolute Gasteiger partial charge is 0.344 e. The predicted molar refractivity (Wildman–Crippen MR) is 118 cm³/mol. The molecule has 6 nitrogen and oxygen atoms in total. The van der Waals surface area contributed by atoms with Gasteiger partial charge in [0.2, 0.25) is 0 Å². The molecule has 1 aromatic carbocycles. The average Bonchev–Trinajstić information content (AvgIpc) is 3.33. The first kappa shape index (κ1) is 19.3. The summed E-state index contributed by atoms with van der Waals surface area (Å²) in [4.78, 5) is 33.0. The predicted octanol–water partition coefficient (Wildman–Crippen LogP) is 4.40. The average molecular weight is 424 g/mol. The molecule has 0 radical (unpaired) electrons. The first-order valence-electron chi connectivity index (χ1n) is 10.6. The summed E-state index contributed by atoms with van der Waals surface area (Å²) in [6.45, 7) is 3.91. The molecular formula is C23H25N3O3S. The molecular weight excluding hydrogens is 398 g/mol. The van der Waals surface area contributed by atoms with Crippen LogP contribution in [0.15, 0.2) is 46.7 Å². The highest BCUT2D eigenvalue weighted by Gasteiger charge is 2.43. The molecule has 30 heavy (non-hydrogen) atoms. The van der Waals surface area contributed by atoms with Crippen LogP contribution >= 0.6 is 11.3 Å². The lowest BCUT2D eigenvalue weighted by Crippen LogP contribution is -2.46. The van der Waals surface area contributed by atoms with Gasteiger partial charge >= 0.3 is 5.97 Å². The number of para-hydroxylation sites is 1. The van der Waals surface area contributed by atoms with Gasteiger partial charge in [0.25, 0.3) is 5.56 Å². The second kappa shape index (κ2) is 7.54. The molecule has 0 spiro atoms. The maximum Gasteiger partial charge on any atom is 0.344 e. The first-order chi connectivity index (χ1) is 14.5. The topological polar surface area (TPSA) is 64.4 Å². The highest BCUT2D eigenvalue weighted by Crippen LogP contribution is 2.41. The Hall–Kier alpha value is -2.67. The molecule has 2 saturated heterocycles. The van der Waals surface area contributed by atoms with Crippen LogP contribution in [-0.2, 0) is 4.74 Å². The van der Waals surface area contributed by atoms with E-state index >= 15 is 0 Å². The number of hydrogen-bond acceptors (Lipinski definition) is 6. The van der Waals surface area contributed by atoms with E-state index in [4.69, 9.17) is 4.74 Å². The van der Waals surface area contributed by atoms with Crippen molar-refractivity contribution >= 4 is 33.3 Å². The molecule has 0 N–H and O–H groups in total. The van der Waals surface area contributed by atoms with Crippen molar-refractivity contribution in [1.29, 1.82) is 0 Å². The van der Waals surface area contributed by atoms with Crippen LogP contribution in [-0.4, -0.2) is 33.7 Å². The van der Waals surface area contributed by atoms with Crippen molar-refractivity contribution in [3.05, 3.63) is 57.8 Å². The summed E-state index contributed by atoms with van der Waals surface area (Å²) in [6, 6.07) is 9.98. The number of nitrogens with zero attached hydrogens (tertiary/aromatic N) is 3. The minimum absolute atomic E-state index is 0.0486. The van der Waals surface area contributed by atoms with Gasteiger partial charge in [-0.1, -0.05) is 18.2 Å². The molecule has 3 aromatic rings. The van der Waals surface area contributed by atoms with E-state index in [0.717, 1.165) is 41.7 Å². The fourth-order valence-electron chi connectivity index (χ4n) is 5.04. The Morgan fingerprint density at radius 2 is 1.93 bits per heavy atom. The summed E-state index contributed by atoms with van der Waals surface area (Å²) in [5, 5.41) is 3.93. The number of pyridine rings is 1. The van der Waals surface area contributed by atoms with Gasteiger partial charge in [0.05, 0.1) is 5.52 Å². The molecule has 2 aromatic heterocycles. The third-order valence-corrected chi connectivity index (χ3v) is 7.07. The standard InChI is InChI=1S/C23H25N3O3S/c1-14(2)25-20-6-4-3-5-15(20)11-19(21(25)27)22(28)29-18-12-16-7-8-17(13-18)26(16)23-24-9-10-30-23/h3-6,9-11,14,16-18H,7-8,12-13H2,1-2H3. The fraction of sp³-hybridized carbons (Fsp3) is 0.435. The van der Waals surface area contributed by atoms with Crippen LogP contribution in [0, 0.1) is 0 Å². The minimum Gasteiger partial charge on any atom is -0.458 e. The summed E-state index contributed by atoms with van der Waals surface area (Å²) in [6.07, 6.45) is 5.43. The highest BCUT2D eigenvalue weighted by molar-refractivity contribution is 7.13. The number of aromatic nitrogens is 2. The van der Waals surface area contributed by atoms with Crippen LogP contribution in [0.4, 0.5) is 5.13 Å². The van der Waals surface area contributed by atoms with Crippen molar-refractivity contribution in [1.82, 2.24) is 9.55 Å². The van der Waals surface area contributed by atoms with Crippen LogP contribution in [0.3, 0.4) is 0 Å². The number of ether oxygens (including phenoxy) is 1. The zero-order valence-corrected chi connectivity index (χ0v) is 18.0. The molecule has 0 aliphatic carbocycles. The van der Waals surface area contributed by atoms with E-state index in [-0.39, 0.29) is 23.3 Å². The third-order valence-electron chi connectivity index (χ3n) is 6.29. The van der Waals surface area contributed by atoms with Crippen molar-refractivity contribution < 1.29 is 9.53 Å². The van der Waals surface area contributed by atoms with Gasteiger partial charge in [0.15, 0.2) is 5.13 Å². The Bertz CT molecular complexity index is 1120. The number of esters is 1. The second-order valence-electron chi connectivity index (χ2n) is 8.49. The van der Waals surface area contributed by atoms with Crippen molar-refractivity contribution in [2.75, 3.05) is 4.90 Å². The quantitative estimate of drug-likeness (QED) is 0.582. The van der Waals surface area contributed by atoms with E-state index in [1.807, 2.05) is 49.7 Å². The van der Waals surface area contributed by atoms with Crippen LogP contribution in [0.1, 0.15) is 55.9 Å². The number of hydrogen-bond donors (Lipinski definition) is 0. The van der Waals surface area contributed by atoms with E-state index in [0.29, 0.717) is 12.1 Å². The number of piperidine rings is 1. The summed E-state index contributed by atoms with van der Waals surface area (Å²) < 4.78 is 7.57. The molecule has 4 heterocycles. The van der Waals surface area contributed by atoms with Gasteiger partial charge in [-0.2, -0.15) is 0 Å². The molecule has 2 atom stereocenters. The fourth-order valence-corrected chi connectivity index (χ4v) is 5.82. The van der Waals surface area contributed by atoms with Gasteiger partial charge < -0.3 is 14.2 Å². The molecule has 2 bridgehead atoms. The van der Waals surface area contributed by atoms with Gasteiger partial charge in [-0.05, 0) is 44.2 Å². The lowest BCUT2D eigenvalue weighted by atomic mass is 10.00. The Balaban J connectivity index is 1.40. The van der Waals surface area contributed by atoms with Gasteiger partial charge in [-0.25, -0.2) is 9.78 Å². The van der Waals surface area contributed by atoms with Gasteiger partial charge in [-0.15, -0.1) is 11.3 Å². The van der Waals surface area contributed by atoms with E-state index in [9.17, 15) is 9.59 Å². The van der Waals surface area contributed by atoms with Crippen molar-refractivity contribution in [2.45, 2.75) is 63.8 Å². The van der Waals surface area contributed by atoms with Crippen molar-refractivity contribution in [2.24, 2.45) is 0 Å². The number of thiazole rings is 1. The maximum atomic E-state index is 13.1. The van der Waals surface area contributed by atoms with Crippen LogP contribution in [0.5, 0.6) is 0 Å². The number of benzene rings is 1. The number of carbonyl (C=O) groups excluding carboxylic acids is 1. The molecule has 2 aliphatic heterocycles. The molecule has 7 heteroatoms. The number of carbonyl (C=O) groups is 1. The van der Waals surface area contributed by atoms with E-state index in [2.05, 4.69) is 9.88 Å². The Morgan fingerprint density at radius 3 is 2.60 bits per heavy atom. The van der Waals surface area contributed by atoms with Gasteiger partial charge in [-0.3, -0.25) is 4.79 Å². The minimum atomic E-state index is -0.507. The van der Waals surface area contributed by atoms with Gasteiger partial charge in [0, 0.05) is 42.5 Å². The maximum absolute atomic E-state index is 13.1. The Kier molecular flexibility index (Phi) is 4.85. The highest BCUT2D eigenvalue weighted by atomic mass is 32.1. The summed E-state index contributed by atoms with van der Waals surface area (Å²) >= 11 is 1.66.